The minimum absolute atomic E-state index is 0.0434. The third-order valence-corrected chi connectivity index (χ3v) is 5.21. The summed E-state index contributed by atoms with van der Waals surface area (Å²) in [6, 6.07) is 10.4. The van der Waals surface area contributed by atoms with Crippen molar-refractivity contribution in [2.75, 3.05) is 25.4 Å². The van der Waals surface area contributed by atoms with Gasteiger partial charge in [0.2, 0.25) is 5.91 Å². The molecular weight excluding hydrogens is 284 g/mol. The van der Waals surface area contributed by atoms with Gasteiger partial charge in [0, 0.05) is 37.2 Å². The maximum absolute atomic E-state index is 12.0. The molecule has 0 aromatic heterocycles. The van der Waals surface area contributed by atoms with Gasteiger partial charge in [0.25, 0.3) is 5.24 Å². The van der Waals surface area contributed by atoms with Gasteiger partial charge in [0.15, 0.2) is 0 Å². The molecule has 1 heterocycles. The van der Waals surface area contributed by atoms with Gasteiger partial charge in [-0.15, -0.1) is 0 Å². The highest BCUT2D eigenvalue weighted by Gasteiger charge is 2.44. The number of thioether (sulfide) groups is 1. The Hall–Kier alpha value is -1.49. The van der Waals surface area contributed by atoms with E-state index in [9.17, 15) is 9.59 Å². The van der Waals surface area contributed by atoms with E-state index in [-0.39, 0.29) is 16.6 Å². The highest BCUT2D eigenvalue weighted by molar-refractivity contribution is 8.13. The molecule has 0 unspecified atom stereocenters. The molecular formula is C16H20N2O2S. The Bertz CT molecular complexity index is 528. The number of hydrogen-bond donors (Lipinski definition) is 1. The van der Waals surface area contributed by atoms with Gasteiger partial charge >= 0.3 is 0 Å². The molecule has 3 rings (SSSR count). The van der Waals surface area contributed by atoms with Crippen molar-refractivity contribution in [3.8, 4) is 0 Å². The average molecular weight is 304 g/mol. The molecule has 1 N–H and O–H groups in total. The van der Waals surface area contributed by atoms with Crippen LogP contribution in [0.4, 0.5) is 4.79 Å². The van der Waals surface area contributed by atoms with Crippen LogP contribution in [0.5, 0.6) is 0 Å². The van der Waals surface area contributed by atoms with Crippen LogP contribution >= 0.6 is 11.8 Å². The Morgan fingerprint density at radius 2 is 2.05 bits per heavy atom. The molecule has 1 aromatic rings. The maximum atomic E-state index is 12.0. The zero-order valence-electron chi connectivity index (χ0n) is 12.0. The van der Waals surface area contributed by atoms with Crippen LogP contribution in [0.1, 0.15) is 24.8 Å². The first-order valence-corrected chi connectivity index (χ1v) is 8.42. The number of rotatable bonds is 6. The lowest BCUT2D eigenvalue weighted by Gasteiger charge is -2.18. The number of nitrogens with zero attached hydrogens (tertiary/aromatic N) is 1. The monoisotopic (exact) mass is 304 g/mol. The summed E-state index contributed by atoms with van der Waals surface area (Å²) >= 11 is 1.34. The van der Waals surface area contributed by atoms with Crippen molar-refractivity contribution in [1.29, 1.82) is 0 Å². The van der Waals surface area contributed by atoms with Crippen molar-refractivity contribution in [3.05, 3.63) is 35.9 Å². The van der Waals surface area contributed by atoms with E-state index < -0.39 is 0 Å². The van der Waals surface area contributed by atoms with E-state index >= 15 is 0 Å². The molecule has 0 bridgehead atoms. The minimum Gasteiger partial charge on any atom is -0.355 e. The third kappa shape index (κ3) is 3.40. The molecule has 5 heteroatoms. The van der Waals surface area contributed by atoms with Gasteiger partial charge in [-0.1, -0.05) is 42.1 Å². The van der Waals surface area contributed by atoms with Crippen LogP contribution in [0, 0.1) is 0 Å². The summed E-state index contributed by atoms with van der Waals surface area (Å²) in [7, 11) is 0. The van der Waals surface area contributed by atoms with Gasteiger partial charge in [0.1, 0.15) is 0 Å². The molecule has 0 atom stereocenters. The van der Waals surface area contributed by atoms with E-state index in [1.54, 1.807) is 4.90 Å². The minimum atomic E-state index is 0.0434. The van der Waals surface area contributed by atoms with Crippen molar-refractivity contribution < 1.29 is 9.59 Å². The van der Waals surface area contributed by atoms with Crippen LogP contribution in [0.25, 0.3) is 0 Å². The highest BCUT2D eigenvalue weighted by atomic mass is 32.2. The van der Waals surface area contributed by atoms with Crippen molar-refractivity contribution in [2.24, 2.45) is 0 Å². The summed E-state index contributed by atoms with van der Waals surface area (Å²) < 4.78 is 0. The molecule has 4 nitrogen and oxygen atoms in total. The summed E-state index contributed by atoms with van der Waals surface area (Å²) in [5.41, 5.74) is 1.47. The van der Waals surface area contributed by atoms with Crippen molar-refractivity contribution in [1.82, 2.24) is 10.2 Å². The second-order valence-electron chi connectivity index (χ2n) is 5.77. The van der Waals surface area contributed by atoms with Gasteiger partial charge in [-0.3, -0.25) is 9.59 Å². The number of hydrogen-bond acceptors (Lipinski definition) is 3. The van der Waals surface area contributed by atoms with Crippen molar-refractivity contribution in [2.45, 2.75) is 24.7 Å². The lowest BCUT2D eigenvalue weighted by Crippen LogP contribution is -2.35. The quantitative estimate of drug-likeness (QED) is 0.878. The molecule has 0 radical (unpaired) electrons. The van der Waals surface area contributed by atoms with Crippen LogP contribution in [-0.4, -0.2) is 41.4 Å². The largest absolute Gasteiger partial charge is 0.355 e. The smallest absolute Gasteiger partial charge is 0.281 e. The summed E-state index contributed by atoms with van der Waals surface area (Å²) in [5, 5.41) is 3.14. The second-order valence-corrected chi connectivity index (χ2v) is 6.82. The predicted octanol–water partition coefficient (Wildman–Crippen LogP) is 2.39. The standard InChI is InChI=1S/C16H20N2O2S/c19-14(6-9-18-10-11-21-15(18)20)17-12-16(7-8-16)13-4-2-1-3-5-13/h1-5H,6-12H2,(H,17,19). The SMILES string of the molecule is O=C(CCN1CCSC1=O)NCC1(c2ccccc2)CC1. The fraction of sp³-hybridized carbons (Fsp3) is 0.500. The fourth-order valence-corrected chi connectivity index (χ4v) is 3.58. The van der Waals surface area contributed by atoms with E-state index in [4.69, 9.17) is 0 Å². The topological polar surface area (TPSA) is 49.4 Å². The van der Waals surface area contributed by atoms with E-state index in [1.165, 1.54) is 17.3 Å². The van der Waals surface area contributed by atoms with E-state index in [1.807, 2.05) is 18.2 Å². The summed E-state index contributed by atoms with van der Waals surface area (Å²) in [6.45, 7) is 2.01. The summed E-state index contributed by atoms with van der Waals surface area (Å²) in [4.78, 5) is 25.2. The maximum Gasteiger partial charge on any atom is 0.281 e. The molecule has 21 heavy (non-hydrogen) atoms. The molecule has 1 aliphatic heterocycles. The van der Waals surface area contributed by atoms with Crippen LogP contribution in [0.3, 0.4) is 0 Å². The van der Waals surface area contributed by atoms with Crippen molar-refractivity contribution >= 4 is 22.9 Å². The van der Waals surface area contributed by atoms with Gasteiger partial charge < -0.3 is 10.2 Å². The van der Waals surface area contributed by atoms with Crippen LogP contribution in [0.15, 0.2) is 30.3 Å². The van der Waals surface area contributed by atoms with E-state index in [2.05, 4.69) is 17.4 Å². The highest BCUT2D eigenvalue weighted by Crippen LogP contribution is 2.47. The Kier molecular flexibility index (Phi) is 4.19. The van der Waals surface area contributed by atoms with Crippen LogP contribution < -0.4 is 5.32 Å². The summed E-state index contributed by atoms with van der Waals surface area (Å²) in [5.74, 6) is 0.888. The second kappa shape index (κ2) is 6.10. The predicted molar refractivity (Wildman–Crippen MR) is 84.4 cm³/mol. The Morgan fingerprint density at radius 3 is 2.67 bits per heavy atom. The van der Waals surface area contributed by atoms with E-state index in [0.717, 1.165) is 25.1 Å². The Labute approximate surface area is 129 Å². The molecule has 112 valence electrons. The number of carbonyl (C=O) groups excluding carboxylic acids is 2. The van der Waals surface area contributed by atoms with Crippen LogP contribution in [0.2, 0.25) is 0 Å². The first kappa shape index (κ1) is 14.4. The number of carbonyl (C=O) groups is 2. The summed E-state index contributed by atoms with van der Waals surface area (Å²) in [6.07, 6.45) is 2.67. The molecule has 2 aliphatic rings. The average Bonchev–Trinajstić information content (AvgIpc) is 3.20. The number of amides is 2. The van der Waals surface area contributed by atoms with Gasteiger partial charge in [-0.05, 0) is 18.4 Å². The zero-order valence-corrected chi connectivity index (χ0v) is 12.8. The van der Waals surface area contributed by atoms with E-state index in [0.29, 0.717) is 19.5 Å². The molecule has 0 spiro atoms. The lowest BCUT2D eigenvalue weighted by molar-refractivity contribution is -0.121. The zero-order chi connectivity index (χ0) is 14.7. The molecule has 1 aromatic carbocycles. The Morgan fingerprint density at radius 1 is 1.29 bits per heavy atom. The first-order valence-electron chi connectivity index (χ1n) is 7.44. The molecule has 2 fully saturated rings. The third-order valence-electron chi connectivity index (χ3n) is 4.32. The molecule has 1 saturated carbocycles. The molecule has 2 amide bonds. The Balaban J connectivity index is 1.45. The number of benzene rings is 1. The normalized spacial score (nSPS) is 19.6. The van der Waals surface area contributed by atoms with Gasteiger partial charge in [-0.25, -0.2) is 0 Å². The molecule has 1 saturated heterocycles. The van der Waals surface area contributed by atoms with Crippen molar-refractivity contribution in [3.63, 3.8) is 0 Å². The van der Waals surface area contributed by atoms with Gasteiger partial charge in [-0.2, -0.15) is 0 Å². The lowest BCUT2D eigenvalue weighted by atomic mass is 9.96. The van der Waals surface area contributed by atoms with Crippen LogP contribution in [-0.2, 0) is 10.2 Å². The first-order chi connectivity index (χ1) is 10.2. The number of nitrogens with one attached hydrogen (secondary N) is 1. The molecule has 1 aliphatic carbocycles. The fourth-order valence-electron chi connectivity index (χ4n) is 2.73. The van der Waals surface area contributed by atoms with Gasteiger partial charge in [0.05, 0.1) is 0 Å².